The van der Waals surface area contributed by atoms with Gasteiger partial charge in [-0.15, -0.1) is 0 Å². The molecule has 0 aromatic heterocycles. The van der Waals surface area contributed by atoms with Gasteiger partial charge < -0.3 is 10.0 Å². The van der Waals surface area contributed by atoms with Gasteiger partial charge >= 0.3 is 18.2 Å². The molecule has 0 rings (SSSR count). The number of carboxylic acids is 1. The van der Waals surface area contributed by atoms with Crippen molar-refractivity contribution in [3.63, 3.8) is 0 Å². The van der Waals surface area contributed by atoms with Gasteiger partial charge in [-0.25, -0.2) is 9.59 Å². The maximum absolute atomic E-state index is 12.4. The highest BCUT2D eigenvalue weighted by Crippen LogP contribution is 2.18. The van der Waals surface area contributed by atoms with Crippen LogP contribution in [-0.4, -0.2) is 46.7 Å². The smallest absolute Gasteiger partial charge is 0.406 e. The van der Waals surface area contributed by atoms with Crippen LogP contribution in [0.3, 0.4) is 0 Å². The van der Waals surface area contributed by atoms with E-state index < -0.39 is 36.7 Å². The molecule has 120 valence electrons. The number of halogens is 3. The number of rotatable bonds is 4. The monoisotopic (exact) mass is 310 g/mol. The van der Waals surface area contributed by atoms with Gasteiger partial charge in [0.25, 0.3) is 5.91 Å². The molecule has 0 unspecified atom stereocenters. The van der Waals surface area contributed by atoms with E-state index in [9.17, 15) is 27.6 Å². The van der Waals surface area contributed by atoms with E-state index in [1.807, 2.05) is 0 Å². The van der Waals surface area contributed by atoms with E-state index in [2.05, 4.69) is 0 Å². The first-order chi connectivity index (χ1) is 9.36. The van der Waals surface area contributed by atoms with E-state index in [-0.39, 0.29) is 11.1 Å². The molecular weight excluding hydrogens is 293 g/mol. The van der Waals surface area contributed by atoms with Crippen LogP contribution < -0.4 is 5.32 Å². The number of hydrogen-bond donors (Lipinski definition) is 2. The van der Waals surface area contributed by atoms with E-state index in [1.54, 1.807) is 5.32 Å². The average Bonchev–Trinajstić information content (AvgIpc) is 2.32. The van der Waals surface area contributed by atoms with Crippen molar-refractivity contribution in [2.45, 2.75) is 39.9 Å². The minimum atomic E-state index is -4.60. The fraction of sp³-hybridized carbons (Fsp3) is 0.583. The third kappa shape index (κ3) is 6.28. The first-order valence-electron chi connectivity index (χ1n) is 5.96. The van der Waals surface area contributed by atoms with Crippen molar-refractivity contribution in [1.29, 1.82) is 0 Å². The number of amides is 3. The Morgan fingerprint density at radius 1 is 1.14 bits per heavy atom. The lowest BCUT2D eigenvalue weighted by atomic mass is 10.1. The second-order valence-corrected chi connectivity index (χ2v) is 4.65. The normalized spacial score (nSPS) is 12.8. The molecule has 9 heteroatoms. The Morgan fingerprint density at radius 2 is 1.62 bits per heavy atom. The summed E-state index contributed by atoms with van der Waals surface area (Å²) < 4.78 is 37.1. The number of urea groups is 1. The summed E-state index contributed by atoms with van der Waals surface area (Å²) in [5, 5.41) is 10.5. The second-order valence-electron chi connectivity index (χ2n) is 4.65. The van der Waals surface area contributed by atoms with Crippen LogP contribution in [0.4, 0.5) is 18.0 Å². The summed E-state index contributed by atoms with van der Waals surface area (Å²) >= 11 is 0. The number of hydrogen-bond acceptors (Lipinski definition) is 3. The van der Waals surface area contributed by atoms with Crippen LogP contribution in [0.15, 0.2) is 11.1 Å². The first-order valence-corrected chi connectivity index (χ1v) is 5.96. The second kappa shape index (κ2) is 7.09. The summed E-state index contributed by atoms with van der Waals surface area (Å²) in [5.41, 5.74) is -0.557. The van der Waals surface area contributed by atoms with Crippen LogP contribution in [0, 0.1) is 0 Å². The molecule has 6 nitrogen and oxygen atoms in total. The fourth-order valence-corrected chi connectivity index (χ4v) is 1.28. The number of aliphatic carboxylic acids is 1. The van der Waals surface area contributed by atoms with Crippen LogP contribution in [0.1, 0.15) is 27.7 Å². The summed E-state index contributed by atoms with van der Waals surface area (Å²) in [5.74, 6) is -2.40. The standard InChI is InChI=1S/C12H17F3N2O4/c1-6(2)17(5-12(13,14)15)11(21)16-9(18)7(3)8(4)10(19)20/h6H,5H2,1-4H3,(H,19,20)(H,16,18,21). The Hall–Kier alpha value is -2.06. The van der Waals surface area contributed by atoms with E-state index in [0.29, 0.717) is 4.90 Å². The Bertz CT molecular complexity index is 470. The Balaban J connectivity index is 5.05. The summed E-state index contributed by atoms with van der Waals surface area (Å²) in [4.78, 5) is 34.4. The number of nitrogens with one attached hydrogen (secondary N) is 1. The molecule has 0 aliphatic heterocycles. The highest BCUT2D eigenvalue weighted by molar-refractivity contribution is 6.07. The third-order valence-electron chi connectivity index (χ3n) is 2.68. The number of carbonyl (C=O) groups excluding carboxylic acids is 2. The lowest BCUT2D eigenvalue weighted by molar-refractivity contribution is -0.143. The van der Waals surface area contributed by atoms with Crippen LogP contribution in [0.5, 0.6) is 0 Å². The zero-order chi connectivity index (χ0) is 17.0. The maximum atomic E-state index is 12.4. The molecule has 0 bridgehead atoms. The van der Waals surface area contributed by atoms with Gasteiger partial charge in [-0.2, -0.15) is 13.2 Å². The molecule has 3 amide bonds. The molecule has 0 radical (unpaired) electrons. The van der Waals surface area contributed by atoms with Crippen LogP contribution in [-0.2, 0) is 9.59 Å². The zero-order valence-electron chi connectivity index (χ0n) is 12.0. The minimum Gasteiger partial charge on any atom is -0.478 e. The number of nitrogens with zero attached hydrogens (tertiary/aromatic N) is 1. The zero-order valence-corrected chi connectivity index (χ0v) is 12.0. The number of alkyl halides is 3. The van der Waals surface area contributed by atoms with Crippen molar-refractivity contribution in [3.05, 3.63) is 11.1 Å². The molecule has 0 saturated heterocycles. The van der Waals surface area contributed by atoms with Crippen molar-refractivity contribution in [1.82, 2.24) is 10.2 Å². The van der Waals surface area contributed by atoms with Gasteiger partial charge in [0.15, 0.2) is 0 Å². The van der Waals surface area contributed by atoms with Crippen LogP contribution >= 0.6 is 0 Å². The van der Waals surface area contributed by atoms with Gasteiger partial charge in [0, 0.05) is 17.2 Å². The topological polar surface area (TPSA) is 86.7 Å². The third-order valence-corrected chi connectivity index (χ3v) is 2.68. The highest BCUT2D eigenvalue weighted by Gasteiger charge is 2.34. The van der Waals surface area contributed by atoms with Gasteiger partial charge in [-0.3, -0.25) is 10.1 Å². The van der Waals surface area contributed by atoms with Gasteiger partial charge in [0.05, 0.1) is 0 Å². The molecule has 21 heavy (non-hydrogen) atoms. The van der Waals surface area contributed by atoms with Crippen molar-refractivity contribution < 1.29 is 32.7 Å². The molecular formula is C12H17F3N2O4. The van der Waals surface area contributed by atoms with Crippen LogP contribution in [0.2, 0.25) is 0 Å². The van der Waals surface area contributed by atoms with E-state index in [1.165, 1.54) is 13.8 Å². The number of imide groups is 1. The Labute approximate surface area is 119 Å². The summed E-state index contributed by atoms with van der Waals surface area (Å²) in [6.45, 7) is 3.53. The average molecular weight is 310 g/mol. The molecule has 0 aromatic carbocycles. The van der Waals surface area contributed by atoms with Crippen molar-refractivity contribution in [2.75, 3.05) is 6.54 Å². The van der Waals surface area contributed by atoms with Gasteiger partial charge in [0.2, 0.25) is 0 Å². The number of carboxylic acid groups (broad SMARTS) is 1. The Kier molecular flexibility index (Phi) is 6.40. The SMILES string of the molecule is CC(C(=O)O)=C(C)C(=O)NC(=O)N(CC(F)(F)F)C(C)C. The molecule has 0 heterocycles. The van der Waals surface area contributed by atoms with E-state index in [4.69, 9.17) is 5.11 Å². The van der Waals surface area contributed by atoms with Gasteiger partial charge in [-0.05, 0) is 27.7 Å². The first kappa shape index (κ1) is 18.9. The highest BCUT2D eigenvalue weighted by atomic mass is 19.4. The van der Waals surface area contributed by atoms with Crippen molar-refractivity contribution in [2.24, 2.45) is 0 Å². The van der Waals surface area contributed by atoms with Crippen molar-refractivity contribution >= 4 is 17.9 Å². The molecule has 0 aromatic rings. The minimum absolute atomic E-state index is 0.258. The summed E-state index contributed by atoms with van der Waals surface area (Å²) in [6.07, 6.45) is -4.60. The Morgan fingerprint density at radius 3 is 1.95 bits per heavy atom. The van der Waals surface area contributed by atoms with Crippen LogP contribution in [0.25, 0.3) is 0 Å². The molecule has 0 aliphatic rings. The fourth-order valence-electron chi connectivity index (χ4n) is 1.28. The summed E-state index contributed by atoms with van der Waals surface area (Å²) in [7, 11) is 0. The lowest BCUT2D eigenvalue weighted by Gasteiger charge is -2.27. The molecule has 0 fully saturated rings. The predicted octanol–water partition coefficient (Wildman–Crippen LogP) is 1.92. The quantitative estimate of drug-likeness (QED) is 0.777. The lowest BCUT2D eigenvalue weighted by Crippen LogP contribution is -2.50. The molecule has 0 spiro atoms. The maximum Gasteiger partial charge on any atom is 0.406 e. The van der Waals surface area contributed by atoms with E-state index >= 15 is 0 Å². The number of carbonyl (C=O) groups is 3. The largest absolute Gasteiger partial charge is 0.478 e. The summed E-state index contributed by atoms with van der Waals surface area (Å²) in [6, 6.07) is -2.02. The molecule has 0 saturated carbocycles. The van der Waals surface area contributed by atoms with Gasteiger partial charge in [0.1, 0.15) is 6.54 Å². The van der Waals surface area contributed by atoms with Gasteiger partial charge in [-0.1, -0.05) is 0 Å². The molecule has 2 N–H and O–H groups in total. The predicted molar refractivity (Wildman–Crippen MR) is 67.4 cm³/mol. The van der Waals surface area contributed by atoms with E-state index in [0.717, 1.165) is 13.8 Å². The molecule has 0 aliphatic carbocycles. The molecule has 0 atom stereocenters. The van der Waals surface area contributed by atoms with Crippen molar-refractivity contribution in [3.8, 4) is 0 Å².